The number of hydrogen-bond donors (Lipinski definition) is 1. The van der Waals surface area contributed by atoms with E-state index in [-0.39, 0.29) is 57.3 Å². The Balaban J connectivity index is 1.79. The van der Waals surface area contributed by atoms with Gasteiger partial charge < -0.3 is 15.2 Å². The first kappa shape index (κ1) is 27.7. The third-order valence-electron chi connectivity index (χ3n) is 6.71. The van der Waals surface area contributed by atoms with Crippen molar-refractivity contribution in [1.29, 1.82) is 5.26 Å². The van der Waals surface area contributed by atoms with Crippen molar-refractivity contribution in [1.82, 2.24) is 14.8 Å². The van der Waals surface area contributed by atoms with Crippen molar-refractivity contribution < 1.29 is 19.1 Å². The van der Waals surface area contributed by atoms with Crippen molar-refractivity contribution in [3.8, 4) is 11.1 Å². The van der Waals surface area contributed by atoms with Gasteiger partial charge >= 0.3 is 11.9 Å². The summed E-state index contributed by atoms with van der Waals surface area (Å²) in [5.41, 5.74) is 7.73. The van der Waals surface area contributed by atoms with Crippen LogP contribution in [0.3, 0.4) is 0 Å². The number of carbonyl (C=O) groups excluding carboxylic acids is 2. The smallest absolute Gasteiger partial charge is 0.359 e. The molecule has 3 heterocycles. The maximum atomic E-state index is 14.0. The number of nitriles is 1. The van der Waals surface area contributed by atoms with Crippen LogP contribution in [0, 0.1) is 11.3 Å². The lowest BCUT2D eigenvalue weighted by molar-refractivity contribution is 0.0515. The fourth-order valence-electron chi connectivity index (χ4n) is 4.90. The zero-order chi connectivity index (χ0) is 29.1. The molecule has 2 N–H and O–H groups in total. The first-order chi connectivity index (χ1) is 19.9. The number of thiophene rings is 1. The highest BCUT2D eigenvalue weighted by Gasteiger charge is 2.30. The molecular weight excluding hydrogens is 542 g/mol. The molecule has 1 aliphatic carbocycles. The number of ether oxygens (including phenoxy) is 2. The van der Waals surface area contributed by atoms with E-state index in [9.17, 15) is 19.6 Å². The SMILES string of the molecule is CCOC(=O)c1c(-n2nc(C(=O)OCC)c3cc(/C(C#N)=C\c4ccccc4)nc(N)c3c2=O)sc2c1CCCC2. The summed E-state index contributed by atoms with van der Waals surface area (Å²) in [4.78, 5) is 45.6. The normalized spacial score (nSPS) is 13.0. The second-order valence-electron chi connectivity index (χ2n) is 9.29. The molecule has 1 aliphatic rings. The van der Waals surface area contributed by atoms with Crippen LogP contribution in [0.1, 0.15) is 69.2 Å². The number of aromatic nitrogens is 3. The van der Waals surface area contributed by atoms with Crippen molar-refractivity contribution in [2.75, 3.05) is 18.9 Å². The Morgan fingerprint density at radius 1 is 1.12 bits per heavy atom. The van der Waals surface area contributed by atoms with E-state index < -0.39 is 17.5 Å². The summed E-state index contributed by atoms with van der Waals surface area (Å²) in [6, 6.07) is 12.7. The molecule has 0 spiro atoms. The molecule has 0 aliphatic heterocycles. The van der Waals surface area contributed by atoms with Gasteiger partial charge in [0.2, 0.25) is 0 Å². The molecule has 11 heteroatoms. The molecule has 0 bridgehead atoms. The van der Waals surface area contributed by atoms with Crippen LogP contribution in [0.5, 0.6) is 0 Å². The number of anilines is 1. The van der Waals surface area contributed by atoms with Gasteiger partial charge in [0, 0.05) is 10.3 Å². The largest absolute Gasteiger partial charge is 0.462 e. The predicted molar refractivity (Wildman–Crippen MR) is 156 cm³/mol. The Morgan fingerprint density at radius 2 is 1.83 bits per heavy atom. The average molecular weight is 570 g/mol. The van der Waals surface area contributed by atoms with Crippen LogP contribution in [0.4, 0.5) is 5.82 Å². The maximum absolute atomic E-state index is 14.0. The summed E-state index contributed by atoms with van der Waals surface area (Å²) in [6.45, 7) is 3.59. The molecule has 0 unspecified atom stereocenters. The summed E-state index contributed by atoms with van der Waals surface area (Å²) >= 11 is 1.28. The molecule has 0 amide bonds. The monoisotopic (exact) mass is 569 g/mol. The van der Waals surface area contributed by atoms with Gasteiger partial charge in [-0.2, -0.15) is 15.0 Å². The molecule has 10 nitrogen and oxygen atoms in total. The van der Waals surface area contributed by atoms with Crippen LogP contribution >= 0.6 is 11.3 Å². The van der Waals surface area contributed by atoms with Crippen molar-refractivity contribution in [2.24, 2.45) is 0 Å². The van der Waals surface area contributed by atoms with E-state index in [2.05, 4.69) is 16.2 Å². The third-order valence-corrected chi connectivity index (χ3v) is 7.98. The molecule has 0 atom stereocenters. The van der Waals surface area contributed by atoms with E-state index in [4.69, 9.17) is 15.2 Å². The van der Waals surface area contributed by atoms with Gasteiger partial charge in [-0.3, -0.25) is 4.79 Å². The van der Waals surface area contributed by atoms with E-state index in [1.165, 1.54) is 17.4 Å². The molecule has 41 heavy (non-hydrogen) atoms. The number of nitrogen functional groups attached to an aromatic ring is 1. The van der Waals surface area contributed by atoms with E-state index in [1.807, 2.05) is 30.3 Å². The van der Waals surface area contributed by atoms with Crippen LogP contribution in [-0.2, 0) is 22.3 Å². The molecule has 3 aromatic heterocycles. The fourth-order valence-corrected chi connectivity index (χ4v) is 6.23. The van der Waals surface area contributed by atoms with Crippen LogP contribution in [0.25, 0.3) is 27.4 Å². The standard InChI is InChI=1S/C30H27N5O5S/c1-3-39-29(37)24-19-12-8-9-13-22(19)41-28(24)35-27(36)23-20(25(34-35)30(38)40-4-2)15-21(33-26(23)32)18(16-31)14-17-10-6-5-7-11-17/h5-7,10-11,14-15H,3-4,8-9,12-13H2,1-2H3,(H2,32,33)/b18-14-. The Kier molecular flexibility index (Phi) is 7.94. The van der Waals surface area contributed by atoms with Gasteiger partial charge in [-0.05, 0) is 62.8 Å². The second kappa shape index (κ2) is 11.7. The zero-order valence-corrected chi connectivity index (χ0v) is 23.4. The van der Waals surface area contributed by atoms with Crippen LogP contribution in [0.2, 0.25) is 0 Å². The second-order valence-corrected chi connectivity index (χ2v) is 10.4. The number of hydrogen-bond acceptors (Lipinski definition) is 10. The van der Waals surface area contributed by atoms with E-state index in [0.29, 0.717) is 6.42 Å². The van der Waals surface area contributed by atoms with Crippen molar-refractivity contribution >= 4 is 51.5 Å². The van der Waals surface area contributed by atoms with Crippen molar-refractivity contribution in [3.63, 3.8) is 0 Å². The Hall–Kier alpha value is -4.82. The maximum Gasteiger partial charge on any atom is 0.359 e. The summed E-state index contributed by atoms with van der Waals surface area (Å²) in [5.74, 6) is -1.52. The average Bonchev–Trinajstić information content (AvgIpc) is 3.36. The Morgan fingerprint density at radius 3 is 2.54 bits per heavy atom. The number of carbonyl (C=O) groups is 2. The number of nitrogens with zero attached hydrogens (tertiary/aromatic N) is 4. The van der Waals surface area contributed by atoms with Crippen molar-refractivity contribution in [2.45, 2.75) is 39.5 Å². The zero-order valence-electron chi connectivity index (χ0n) is 22.6. The van der Waals surface area contributed by atoms with E-state index in [1.54, 1.807) is 19.9 Å². The molecule has 1 aromatic carbocycles. The van der Waals surface area contributed by atoms with Crippen LogP contribution < -0.4 is 11.3 Å². The number of rotatable bonds is 7. The topological polar surface area (TPSA) is 150 Å². The summed E-state index contributed by atoms with van der Waals surface area (Å²) in [5, 5.41) is 14.6. The highest BCUT2D eigenvalue weighted by Crippen LogP contribution is 2.37. The molecule has 208 valence electrons. The Bertz CT molecular complexity index is 1800. The first-order valence-electron chi connectivity index (χ1n) is 13.3. The Labute approximate surface area is 239 Å². The van der Waals surface area contributed by atoms with Gasteiger partial charge in [0.1, 0.15) is 16.9 Å². The van der Waals surface area contributed by atoms with Crippen LogP contribution in [0.15, 0.2) is 41.2 Å². The first-order valence-corrected chi connectivity index (χ1v) is 14.1. The van der Waals surface area contributed by atoms with E-state index >= 15 is 0 Å². The quantitative estimate of drug-likeness (QED) is 0.246. The predicted octanol–water partition coefficient (Wildman–Crippen LogP) is 4.72. The summed E-state index contributed by atoms with van der Waals surface area (Å²) < 4.78 is 11.7. The van der Waals surface area contributed by atoms with Gasteiger partial charge in [-0.1, -0.05) is 30.3 Å². The number of fused-ring (bicyclic) bond motifs is 2. The minimum atomic E-state index is -0.785. The number of nitrogens with two attached hydrogens (primary N) is 1. The molecule has 5 rings (SSSR count). The number of benzene rings is 1. The number of esters is 2. The molecule has 4 aromatic rings. The van der Waals surface area contributed by atoms with E-state index in [0.717, 1.165) is 39.9 Å². The number of allylic oxidation sites excluding steroid dienone is 1. The highest BCUT2D eigenvalue weighted by molar-refractivity contribution is 7.15. The lowest BCUT2D eigenvalue weighted by Gasteiger charge is -2.14. The lowest BCUT2D eigenvalue weighted by atomic mass is 9.95. The van der Waals surface area contributed by atoms with Crippen LogP contribution in [-0.4, -0.2) is 39.9 Å². The molecule has 0 radical (unpaired) electrons. The van der Waals surface area contributed by atoms with Gasteiger partial charge in [-0.25, -0.2) is 14.6 Å². The van der Waals surface area contributed by atoms with Gasteiger partial charge in [0.15, 0.2) is 5.69 Å². The highest BCUT2D eigenvalue weighted by atomic mass is 32.1. The molecular formula is C30H27N5O5S. The number of pyridine rings is 1. The van der Waals surface area contributed by atoms with Crippen molar-refractivity contribution in [3.05, 3.63) is 79.7 Å². The molecule has 0 saturated heterocycles. The number of aryl methyl sites for hydroxylation is 1. The van der Waals surface area contributed by atoms with Gasteiger partial charge in [0.05, 0.1) is 35.4 Å². The minimum absolute atomic E-state index is 0.0628. The minimum Gasteiger partial charge on any atom is -0.462 e. The lowest BCUT2D eigenvalue weighted by Crippen LogP contribution is -2.27. The summed E-state index contributed by atoms with van der Waals surface area (Å²) in [6.07, 6.45) is 4.93. The molecule has 0 fully saturated rings. The molecule has 0 saturated carbocycles. The fraction of sp³-hybridized carbons (Fsp3) is 0.267. The third kappa shape index (κ3) is 5.21. The van der Waals surface area contributed by atoms with Gasteiger partial charge in [-0.15, -0.1) is 11.3 Å². The van der Waals surface area contributed by atoms with Gasteiger partial charge in [0.25, 0.3) is 5.56 Å². The summed E-state index contributed by atoms with van der Waals surface area (Å²) in [7, 11) is 0.